The van der Waals surface area contributed by atoms with Crippen molar-refractivity contribution >= 4 is 5.69 Å². The summed E-state index contributed by atoms with van der Waals surface area (Å²) in [5.41, 5.74) is 4.48. The highest BCUT2D eigenvalue weighted by atomic mass is 15.3. The Morgan fingerprint density at radius 3 is 2.82 bits per heavy atom. The van der Waals surface area contributed by atoms with Gasteiger partial charge < -0.3 is 5.32 Å². The van der Waals surface area contributed by atoms with Crippen LogP contribution in [-0.4, -0.2) is 14.8 Å². The van der Waals surface area contributed by atoms with Crippen molar-refractivity contribution in [1.29, 1.82) is 0 Å². The lowest BCUT2D eigenvalue weighted by Gasteiger charge is -2.05. The number of nitrogens with one attached hydrogen (secondary N) is 1. The Labute approximate surface area is 102 Å². The molecule has 1 N–H and O–H groups in total. The van der Waals surface area contributed by atoms with Gasteiger partial charge in [0.05, 0.1) is 17.6 Å². The number of hydrogen-bond donors (Lipinski definition) is 1. The standard InChI is InChI=1S/C13H18N4/c1-4-13-11(9-17(3)16-13)7-15-12-6-5-10(2)14-8-12/h5-6,8-9,15H,4,7H2,1-3H3. The van der Waals surface area contributed by atoms with Crippen LogP contribution in [0.3, 0.4) is 0 Å². The lowest BCUT2D eigenvalue weighted by molar-refractivity contribution is 0.746. The summed E-state index contributed by atoms with van der Waals surface area (Å²) in [5, 5.41) is 7.78. The molecule has 0 amide bonds. The van der Waals surface area contributed by atoms with Gasteiger partial charge in [-0.2, -0.15) is 5.10 Å². The molecule has 0 aliphatic carbocycles. The number of pyridine rings is 1. The molecule has 4 nitrogen and oxygen atoms in total. The highest BCUT2D eigenvalue weighted by molar-refractivity contribution is 5.41. The van der Waals surface area contributed by atoms with Crippen LogP contribution in [-0.2, 0) is 20.0 Å². The predicted molar refractivity (Wildman–Crippen MR) is 68.9 cm³/mol. The Hall–Kier alpha value is -1.84. The van der Waals surface area contributed by atoms with Gasteiger partial charge in [-0.15, -0.1) is 0 Å². The molecule has 0 spiro atoms. The number of hydrogen-bond acceptors (Lipinski definition) is 3. The first-order valence-electron chi connectivity index (χ1n) is 5.87. The summed E-state index contributed by atoms with van der Waals surface area (Å²) in [6.07, 6.45) is 4.88. The van der Waals surface area contributed by atoms with Crippen molar-refractivity contribution < 1.29 is 0 Å². The van der Waals surface area contributed by atoms with Crippen molar-refractivity contribution in [2.75, 3.05) is 5.32 Å². The molecule has 4 heteroatoms. The van der Waals surface area contributed by atoms with E-state index >= 15 is 0 Å². The van der Waals surface area contributed by atoms with Crippen LogP contribution >= 0.6 is 0 Å². The highest BCUT2D eigenvalue weighted by Crippen LogP contribution is 2.11. The van der Waals surface area contributed by atoms with Gasteiger partial charge in [-0.05, 0) is 25.5 Å². The molecular formula is C13H18N4. The number of nitrogens with zero attached hydrogens (tertiary/aromatic N) is 3. The fourth-order valence-electron chi connectivity index (χ4n) is 1.80. The van der Waals surface area contributed by atoms with Gasteiger partial charge in [0.2, 0.25) is 0 Å². The van der Waals surface area contributed by atoms with Crippen molar-refractivity contribution in [2.24, 2.45) is 7.05 Å². The third-order valence-electron chi connectivity index (χ3n) is 2.72. The summed E-state index contributed by atoms with van der Waals surface area (Å²) in [4.78, 5) is 4.26. The second-order valence-corrected chi connectivity index (χ2v) is 4.17. The fourth-order valence-corrected chi connectivity index (χ4v) is 1.80. The van der Waals surface area contributed by atoms with E-state index in [1.165, 1.54) is 5.56 Å². The lowest BCUT2D eigenvalue weighted by Crippen LogP contribution is -2.01. The molecular weight excluding hydrogens is 212 g/mol. The first-order chi connectivity index (χ1) is 8.19. The summed E-state index contributed by atoms with van der Waals surface area (Å²) in [6, 6.07) is 4.05. The third kappa shape index (κ3) is 2.84. The molecule has 2 rings (SSSR count). The van der Waals surface area contributed by atoms with Gasteiger partial charge in [0.1, 0.15) is 0 Å². The third-order valence-corrected chi connectivity index (χ3v) is 2.72. The Kier molecular flexibility index (Phi) is 3.42. The van der Waals surface area contributed by atoms with E-state index in [-0.39, 0.29) is 0 Å². The Morgan fingerprint density at radius 1 is 1.35 bits per heavy atom. The van der Waals surface area contributed by atoms with Crippen molar-refractivity contribution in [3.63, 3.8) is 0 Å². The minimum atomic E-state index is 0.793. The summed E-state index contributed by atoms with van der Waals surface area (Å²) >= 11 is 0. The smallest absolute Gasteiger partial charge is 0.0671 e. The molecule has 0 saturated carbocycles. The summed E-state index contributed by atoms with van der Waals surface area (Å²) in [7, 11) is 1.95. The molecule has 90 valence electrons. The SMILES string of the molecule is CCc1nn(C)cc1CNc1ccc(C)nc1. The van der Waals surface area contributed by atoms with Crippen molar-refractivity contribution in [2.45, 2.75) is 26.8 Å². The number of rotatable bonds is 4. The average molecular weight is 230 g/mol. The van der Waals surface area contributed by atoms with E-state index in [1.807, 2.05) is 37.0 Å². The average Bonchev–Trinajstić information content (AvgIpc) is 2.69. The second-order valence-electron chi connectivity index (χ2n) is 4.17. The van der Waals surface area contributed by atoms with E-state index in [1.54, 1.807) is 0 Å². The molecule has 0 saturated heterocycles. The minimum Gasteiger partial charge on any atom is -0.380 e. The zero-order chi connectivity index (χ0) is 12.3. The molecule has 0 fully saturated rings. The molecule has 2 aromatic heterocycles. The van der Waals surface area contributed by atoms with Crippen LogP contribution in [0.2, 0.25) is 0 Å². The summed E-state index contributed by atoms with van der Waals surface area (Å²) in [6.45, 7) is 4.90. The zero-order valence-corrected chi connectivity index (χ0v) is 10.6. The Morgan fingerprint density at radius 2 is 2.18 bits per heavy atom. The van der Waals surface area contributed by atoms with E-state index in [9.17, 15) is 0 Å². The molecule has 0 aromatic carbocycles. The van der Waals surface area contributed by atoms with Gasteiger partial charge in [0, 0.05) is 31.0 Å². The first kappa shape index (κ1) is 11.6. The van der Waals surface area contributed by atoms with E-state index in [2.05, 4.69) is 28.5 Å². The largest absolute Gasteiger partial charge is 0.380 e. The van der Waals surface area contributed by atoms with Gasteiger partial charge in [0.15, 0.2) is 0 Å². The van der Waals surface area contributed by atoms with E-state index in [4.69, 9.17) is 0 Å². The number of aryl methyl sites for hydroxylation is 3. The molecule has 0 aliphatic heterocycles. The van der Waals surface area contributed by atoms with Crippen molar-refractivity contribution in [1.82, 2.24) is 14.8 Å². The van der Waals surface area contributed by atoms with Gasteiger partial charge >= 0.3 is 0 Å². The topological polar surface area (TPSA) is 42.7 Å². The molecule has 0 unspecified atom stereocenters. The number of aromatic nitrogens is 3. The quantitative estimate of drug-likeness (QED) is 0.876. The molecule has 0 aliphatic rings. The first-order valence-corrected chi connectivity index (χ1v) is 5.87. The molecule has 0 radical (unpaired) electrons. The summed E-state index contributed by atoms with van der Waals surface area (Å²) in [5.74, 6) is 0. The van der Waals surface area contributed by atoms with Crippen molar-refractivity contribution in [3.8, 4) is 0 Å². The maximum absolute atomic E-state index is 4.42. The molecule has 2 aromatic rings. The minimum absolute atomic E-state index is 0.793. The van der Waals surface area contributed by atoms with Crippen LogP contribution < -0.4 is 5.32 Å². The zero-order valence-electron chi connectivity index (χ0n) is 10.6. The monoisotopic (exact) mass is 230 g/mol. The maximum atomic E-state index is 4.42. The Bertz CT molecular complexity index is 485. The molecule has 0 atom stereocenters. The maximum Gasteiger partial charge on any atom is 0.0671 e. The van der Waals surface area contributed by atoms with E-state index < -0.39 is 0 Å². The van der Waals surface area contributed by atoms with E-state index in [0.29, 0.717) is 0 Å². The highest BCUT2D eigenvalue weighted by Gasteiger charge is 2.05. The van der Waals surface area contributed by atoms with Crippen LogP contribution in [0.1, 0.15) is 23.9 Å². The van der Waals surface area contributed by atoms with Crippen LogP contribution in [0.15, 0.2) is 24.5 Å². The Balaban J connectivity index is 2.04. The normalized spacial score (nSPS) is 10.5. The van der Waals surface area contributed by atoms with Gasteiger partial charge in [-0.25, -0.2) is 0 Å². The van der Waals surface area contributed by atoms with Gasteiger partial charge in [0.25, 0.3) is 0 Å². The number of anilines is 1. The van der Waals surface area contributed by atoms with Crippen LogP contribution in [0.4, 0.5) is 5.69 Å². The fraction of sp³-hybridized carbons (Fsp3) is 0.385. The predicted octanol–water partition coefficient (Wildman–Crippen LogP) is 2.30. The van der Waals surface area contributed by atoms with Crippen molar-refractivity contribution in [3.05, 3.63) is 41.5 Å². The van der Waals surface area contributed by atoms with Gasteiger partial charge in [-0.1, -0.05) is 6.92 Å². The van der Waals surface area contributed by atoms with Crippen LogP contribution in [0, 0.1) is 6.92 Å². The van der Waals surface area contributed by atoms with Crippen LogP contribution in [0.5, 0.6) is 0 Å². The molecule has 0 bridgehead atoms. The molecule has 17 heavy (non-hydrogen) atoms. The molecule has 2 heterocycles. The van der Waals surface area contributed by atoms with E-state index in [0.717, 1.165) is 30.0 Å². The lowest BCUT2D eigenvalue weighted by atomic mass is 10.2. The second kappa shape index (κ2) is 4.99. The summed E-state index contributed by atoms with van der Waals surface area (Å²) < 4.78 is 1.86. The van der Waals surface area contributed by atoms with Gasteiger partial charge in [-0.3, -0.25) is 9.67 Å². The van der Waals surface area contributed by atoms with Crippen LogP contribution in [0.25, 0.3) is 0 Å².